The standard InChI is InChI=1S/C16H26N2OS/c1-12(19)9-18(15-5-3-2-4-6-15)10-14-11-20-16(17-14)13-7-8-13/h11-13,15,19H,2-10H2,1H3. The number of nitrogens with zero attached hydrogens (tertiary/aromatic N) is 2. The van der Waals surface area contributed by atoms with Gasteiger partial charge in [0.15, 0.2) is 0 Å². The van der Waals surface area contributed by atoms with Crippen LogP contribution in [-0.4, -0.2) is 33.7 Å². The highest BCUT2D eigenvalue weighted by molar-refractivity contribution is 7.09. The Bertz CT molecular complexity index is 422. The normalized spacial score (nSPS) is 22.4. The van der Waals surface area contributed by atoms with Gasteiger partial charge in [-0.1, -0.05) is 19.3 Å². The van der Waals surface area contributed by atoms with Gasteiger partial charge in [-0.3, -0.25) is 4.90 Å². The van der Waals surface area contributed by atoms with E-state index in [2.05, 4.69) is 10.3 Å². The van der Waals surface area contributed by atoms with Crippen LogP contribution in [0.15, 0.2) is 5.38 Å². The van der Waals surface area contributed by atoms with Crippen molar-refractivity contribution in [1.29, 1.82) is 0 Å². The average Bonchev–Trinajstić information content (AvgIpc) is 3.19. The van der Waals surface area contributed by atoms with Gasteiger partial charge in [0, 0.05) is 30.4 Å². The number of hydrogen-bond acceptors (Lipinski definition) is 4. The fraction of sp³-hybridized carbons (Fsp3) is 0.812. The molecule has 1 unspecified atom stereocenters. The van der Waals surface area contributed by atoms with Gasteiger partial charge in [0.2, 0.25) is 0 Å². The van der Waals surface area contributed by atoms with E-state index in [-0.39, 0.29) is 6.10 Å². The van der Waals surface area contributed by atoms with Gasteiger partial charge in [-0.05, 0) is 32.6 Å². The molecule has 20 heavy (non-hydrogen) atoms. The van der Waals surface area contributed by atoms with E-state index in [1.165, 1.54) is 55.6 Å². The minimum Gasteiger partial charge on any atom is -0.392 e. The maximum atomic E-state index is 9.78. The third-order valence-electron chi connectivity index (χ3n) is 4.45. The first-order valence-corrected chi connectivity index (χ1v) is 8.97. The lowest BCUT2D eigenvalue weighted by Gasteiger charge is -2.34. The smallest absolute Gasteiger partial charge is 0.0959 e. The summed E-state index contributed by atoms with van der Waals surface area (Å²) in [5, 5.41) is 13.3. The highest BCUT2D eigenvalue weighted by Crippen LogP contribution is 2.41. The first-order valence-electron chi connectivity index (χ1n) is 8.09. The Balaban J connectivity index is 1.64. The molecule has 2 aliphatic carbocycles. The highest BCUT2D eigenvalue weighted by atomic mass is 32.1. The van der Waals surface area contributed by atoms with Gasteiger partial charge in [0.1, 0.15) is 0 Å². The van der Waals surface area contributed by atoms with Crippen molar-refractivity contribution < 1.29 is 5.11 Å². The zero-order valence-electron chi connectivity index (χ0n) is 12.4. The molecule has 1 aromatic rings. The quantitative estimate of drug-likeness (QED) is 0.872. The third kappa shape index (κ3) is 3.80. The molecule has 0 aliphatic heterocycles. The molecule has 2 aliphatic rings. The largest absolute Gasteiger partial charge is 0.392 e. The molecule has 3 rings (SSSR count). The van der Waals surface area contributed by atoms with Crippen LogP contribution in [-0.2, 0) is 6.54 Å². The van der Waals surface area contributed by atoms with Crippen molar-refractivity contribution in [2.45, 2.75) is 76.5 Å². The van der Waals surface area contributed by atoms with E-state index in [0.717, 1.165) is 19.0 Å². The Kier molecular flexibility index (Phi) is 4.74. The summed E-state index contributed by atoms with van der Waals surface area (Å²) in [7, 11) is 0. The molecule has 1 N–H and O–H groups in total. The lowest BCUT2D eigenvalue weighted by atomic mass is 9.94. The van der Waals surface area contributed by atoms with E-state index in [0.29, 0.717) is 6.04 Å². The summed E-state index contributed by atoms with van der Waals surface area (Å²) in [4.78, 5) is 7.28. The van der Waals surface area contributed by atoms with Gasteiger partial charge in [-0.15, -0.1) is 11.3 Å². The summed E-state index contributed by atoms with van der Waals surface area (Å²) in [6.07, 6.45) is 9.02. The van der Waals surface area contributed by atoms with E-state index < -0.39 is 0 Å². The summed E-state index contributed by atoms with van der Waals surface area (Å²) in [5.41, 5.74) is 1.21. The van der Waals surface area contributed by atoms with Crippen molar-refractivity contribution in [3.05, 3.63) is 16.1 Å². The molecule has 1 aromatic heterocycles. The molecule has 3 nitrogen and oxygen atoms in total. The monoisotopic (exact) mass is 294 g/mol. The molecule has 0 amide bonds. The minimum atomic E-state index is -0.251. The van der Waals surface area contributed by atoms with Crippen molar-refractivity contribution in [3.8, 4) is 0 Å². The summed E-state index contributed by atoms with van der Waals surface area (Å²) < 4.78 is 0. The number of aromatic nitrogens is 1. The second-order valence-corrected chi connectivity index (χ2v) is 7.41. The minimum absolute atomic E-state index is 0.251. The third-order valence-corrected chi connectivity index (χ3v) is 5.51. The lowest BCUT2D eigenvalue weighted by molar-refractivity contribution is 0.0761. The Morgan fingerprint density at radius 2 is 2.05 bits per heavy atom. The molecular weight excluding hydrogens is 268 g/mol. The summed E-state index contributed by atoms with van der Waals surface area (Å²) in [6.45, 7) is 3.59. The molecule has 2 fully saturated rings. The zero-order valence-corrected chi connectivity index (χ0v) is 13.2. The SMILES string of the molecule is CC(O)CN(Cc1csc(C2CC2)n1)C1CCCCC1. The summed E-state index contributed by atoms with van der Waals surface area (Å²) in [6, 6.07) is 0.643. The molecule has 1 heterocycles. The number of hydrogen-bond donors (Lipinski definition) is 1. The van der Waals surface area contributed by atoms with Crippen LogP contribution < -0.4 is 0 Å². The van der Waals surface area contributed by atoms with E-state index in [1.54, 1.807) is 0 Å². The Labute approximate surface area is 126 Å². The van der Waals surface area contributed by atoms with Crippen LogP contribution in [0.4, 0.5) is 0 Å². The van der Waals surface area contributed by atoms with Crippen LogP contribution in [0.1, 0.15) is 68.5 Å². The van der Waals surface area contributed by atoms with Gasteiger partial charge in [0.25, 0.3) is 0 Å². The van der Waals surface area contributed by atoms with Crippen LogP contribution in [0, 0.1) is 0 Å². The second kappa shape index (κ2) is 6.54. The lowest BCUT2D eigenvalue weighted by Crippen LogP contribution is -2.40. The van der Waals surface area contributed by atoms with Gasteiger partial charge >= 0.3 is 0 Å². The van der Waals surface area contributed by atoms with E-state index >= 15 is 0 Å². The van der Waals surface area contributed by atoms with Crippen LogP contribution in [0.5, 0.6) is 0 Å². The van der Waals surface area contributed by atoms with Crippen LogP contribution >= 0.6 is 11.3 Å². The maximum Gasteiger partial charge on any atom is 0.0959 e. The zero-order chi connectivity index (χ0) is 13.9. The van der Waals surface area contributed by atoms with E-state index in [1.807, 2.05) is 18.3 Å². The Morgan fingerprint density at radius 1 is 1.30 bits per heavy atom. The Morgan fingerprint density at radius 3 is 2.70 bits per heavy atom. The molecular formula is C16H26N2OS. The first kappa shape index (κ1) is 14.5. The molecule has 2 saturated carbocycles. The van der Waals surface area contributed by atoms with Crippen LogP contribution in [0.25, 0.3) is 0 Å². The first-order chi connectivity index (χ1) is 9.72. The number of thiazole rings is 1. The molecule has 112 valence electrons. The predicted molar refractivity (Wildman–Crippen MR) is 83.1 cm³/mol. The van der Waals surface area contributed by atoms with Crippen molar-refractivity contribution in [1.82, 2.24) is 9.88 Å². The van der Waals surface area contributed by atoms with Crippen molar-refractivity contribution in [3.63, 3.8) is 0 Å². The second-order valence-electron chi connectivity index (χ2n) is 6.52. The summed E-state index contributed by atoms with van der Waals surface area (Å²) in [5.74, 6) is 0.758. The van der Waals surface area contributed by atoms with Crippen molar-refractivity contribution in [2.24, 2.45) is 0 Å². The van der Waals surface area contributed by atoms with Gasteiger partial charge < -0.3 is 5.11 Å². The number of aliphatic hydroxyl groups excluding tert-OH is 1. The topological polar surface area (TPSA) is 36.4 Å². The van der Waals surface area contributed by atoms with Crippen LogP contribution in [0.2, 0.25) is 0 Å². The fourth-order valence-corrected chi connectivity index (χ4v) is 4.23. The van der Waals surface area contributed by atoms with Gasteiger partial charge in [-0.25, -0.2) is 4.98 Å². The fourth-order valence-electron chi connectivity index (χ4n) is 3.25. The van der Waals surface area contributed by atoms with E-state index in [4.69, 9.17) is 4.98 Å². The number of aliphatic hydroxyl groups is 1. The predicted octanol–water partition coefficient (Wildman–Crippen LogP) is 3.54. The van der Waals surface area contributed by atoms with E-state index in [9.17, 15) is 5.11 Å². The highest BCUT2D eigenvalue weighted by Gasteiger charge is 2.28. The van der Waals surface area contributed by atoms with Gasteiger partial charge in [0.05, 0.1) is 16.8 Å². The molecule has 0 saturated heterocycles. The Hall–Kier alpha value is -0.450. The molecule has 0 spiro atoms. The van der Waals surface area contributed by atoms with Crippen LogP contribution in [0.3, 0.4) is 0 Å². The molecule has 0 radical (unpaired) electrons. The van der Waals surface area contributed by atoms with Crippen molar-refractivity contribution >= 4 is 11.3 Å². The summed E-state index contributed by atoms with van der Waals surface area (Å²) >= 11 is 1.83. The van der Waals surface area contributed by atoms with Crippen molar-refractivity contribution in [2.75, 3.05) is 6.54 Å². The average molecular weight is 294 g/mol. The maximum absolute atomic E-state index is 9.78. The molecule has 1 atom stereocenters. The molecule has 4 heteroatoms. The number of rotatable bonds is 6. The molecule has 0 bridgehead atoms. The molecule has 0 aromatic carbocycles. The van der Waals surface area contributed by atoms with Gasteiger partial charge in [-0.2, -0.15) is 0 Å².